The van der Waals surface area contributed by atoms with E-state index in [0.29, 0.717) is 31.3 Å². The Bertz CT molecular complexity index is 1000. The molecule has 0 spiro atoms. The number of aromatic nitrogens is 4. The second-order valence-electron chi connectivity index (χ2n) is 7.98. The molecule has 150 valence electrons. The SMILES string of the molecule is COc1cc(B2OCC(C)(C)CO2)cc2c(NCc3ccc(C)nn3)ncnc12. The van der Waals surface area contributed by atoms with E-state index in [4.69, 9.17) is 14.0 Å². The van der Waals surface area contributed by atoms with Gasteiger partial charge in [-0.1, -0.05) is 13.8 Å². The zero-order chi connectivity index (χ0) is 20.4. The molecule has 1 aromatic carbocycles. The number of nitrogens with one attached hydrogen (secondary N) is 1. The second kappa shape index (κ2) is 7.92. The monoisotopic (exact) mass is 393 g/mol. The van der Waals surface area contributed by atoms with Gasteiger partial charge in [0.25, 0.3) is 0 Å². The Balaban J connectivity index is 1.65. The van der Waals surface area contributed by atoms with Crippen LogP contribution in [0.1, 0.15) is 25.2 Å². The molecule has 3 heterocycles. The van der Waals surface area contributed by atoms with Crippen LogP contribution in [0.15, 0.2) is 30.6 Å². The Labute approximate surface area is 170 Å². The van der Waals surface area contributed by atoms with Gasteiger partial charge in [-0.25, -0.2) is 9.97 Å². The minimum Gasteiger partial charge on any atom is -0.494 e. The van der Waals surface area contributed by atoms with E-state index >= 15 is 0 Å². The Kier molecular flexibility index (Phi) is 5.34. The minimum atomic E-state index is -0.447. The Morgan fingerprint density at radius 3 is 2.62 bits per heavy atom. The van der Waals surface area contributed by atoms with Crippen LogP contribution in [0.2, 0.25) is 0 Å². The van der Waals surface area contributed by atoms with Crippen molar-refractivity contribution in [3.8, 4) is 5.75 Å². The largest absolute Gasteiger partial charge is 0.494 e. The van der Waals surface area contributed by atoms with Crippen LogP contribution in [0.3, 0.4) is 0 Å². The van der Waals surface area contributed by atoms with Crippen molar-refractivity contribution >= 4 is 29.3 Å². The summed E-state index contributed by atoms with van der Waals surface area (Å²) in [6, 6.07) is 7.77. The van der Waals surface area contributed by atoms with Crippen molar-refractivity contribution < 1.29 is 14.0 Å². The van der Waals surface area contributed by atoms with E-state index in [1.807, 2.05) is 31.2 Å². The summed E-state index contributed by atoms with van der Waals surface area (Å²) in [6.07, 6.45) is 1.52. The molecular formula is C20H24BN5O3. The summed E-state index contributed by atoms with van der Waals surface area (Å²) in [6.45, 7) is 7.89. The Morgan fingerprint density at radius 1 is 1.14 bits per heavy atom. The third-order valence-electron chi connectivity index (χ3n) is 4.76. The second-order valence-corrected chi connectivity index (χ2v) is 7.98. The standard InChI is InChI=1S/C20H24BN5O3/c1-13-5-6-15(26-25-13)9-22-19-16-7-14(21-28-10-20(2,3)11-29-21)8-17(27-4)18(16)23-12-24-19/h5-8,12H,9-11H2,1-4H3,(H,22,23,24). The van der Waals surface area contributed by atoms with Crippen LogP contribution in [0.25, 0.3) is 10.9 Å². The highest BCUT2D eigenvalue weighted by Gasteiger charge is 2.34. The van der Waals surface area contributed by atoms with Gasteiger partial charge in [0.15, 0.2) is 0 Å². The summed E-state index contributed by atoms with van der Waals surface area (Å²) >= 11 is 0. The summed E-state index contributed by atoms with van der Waals surface area (Å²) in [4.78, 5) is 8.82. The number of hydrogen-bond acceptors (Lipinski definition) is 8. The summed E-state index contributed by atoms with van der Waals surface area (Å²) in [7, 11) is 1.18. The zero-order valence-corrected chi connectivity index (χ0v) is 17.1. The molecule has 0 bridgehead atoms. The molecule has 3 aromatic rings. The summed E-state index contributed by atoms with van der Waals surface area (Å²) in [5.41, 5.74) is 3.30. The van der Waals surface area contributed by atoms with Crippen molar-refractivity contribution in [3.63, 3.8) is 0 Å². The number of ether oxygens (including phenoxy) is 1. The van der Waals surface area contributed by atoms with Crippen molar-refractivity contribution in [3.05, 3.63) is 42.0 Å². The fraction of sp³-hybridized carbons (Fsp3) is 0.400. The van der Waals surface area contributed by atoms with Crippen LogP contribution in [-0.4, -0.2) is 47.6 Å². The van der Waals surface area contributed by atoms with E-state index < -0.39 is 7.12 Å². The van der Waals surface area contributed by atoms with Gasteiger partial charge in [0.05, 0.1) is 25.0 Å². The van der Waals surface area contributed by atoms with Gasteiger partial charge in [0.1, 0.15) is 23.4 Å². The average molecular weight is 393 g/mol. The number of methoxy groups -OCH3 is 1. The quantitative estimate of drug-likeness (QED) is 0.660. The molecule has 0 unspecified atom stereocenters. The molecule has 9 heteroatoms. The number of nitrogens with zero attached hydrogens (tertiary/aromatic N) is 4. The third kappa shape index (κ3) is 4.30. The van der Waals surface area contributed by atoms with Crippen LogP contribution in [-0.2, 0) is 15.9 Å². The molecule has 1 N–H and O–H groups in total. The van der Waals surface area contributed by atoms with Crippen LogP contribution in [0, 0.1) is 12.3 Å². The number of hydrogen-bond donors (Lipinski definition) is 1. The van der Waals surface area contributed by atoms with E-state index in [1.54, 1.807) is 7.11 Å². The van der Waals surface area contributed by atoms with E-state index in [9.17, 15) is 0 Å². The first-order chi connectivity index (χ1) is 13.9. The lowest BCUT2D eigenvalue weighted by Crippen LogP contribution is -2.47. The van der Waals surface area contributed by atoms with E-state index in [-0.39, 0.29) is 5.41 Å². The van der Waals surface area contributed by atoms with Crippen LogP contribution < -0.4 is 15.5 Å². The first kappa shape index (κ1) is 19.5. The number of aryl methyl sites for hydroxylation is 1. The maximum Gasteiger partial charge on any atom is 0.494 e. The normalized spacial score (nSPS) is 16.1. The number of benzene rings is 1. The van der Waals surface area contributed by atoms with Crippen LogP contribution in [0.4, 0.5) is 5.82 Å². The molecule has 0 atom stereocenters. The summed E-state index contributed by atoms with van der Waals surface area (Å²) in [5, 5.41) is 12.4. The molecule has 1 aliphatic heterocycles. The van der Waals surface area contributed by atoms with Gasteiger partial charge in [-0.15, -0.1) is 0 Å². The van der Waals surface area contributed by atoms with E-state index in [1.165, 1.54) is 6.33 Å². The number of rotatable bonds is 5. The predicted molar refractivity (Wildman–Crippen MR) is 111 cm³/mol. The van der Waals surface area contributed by atoms with Gasteiger partial charge >= 0.3 is 7.12 Å². The average Bonchev–Trinajstić information content (AvgIpc) is 2.72. The van der Waals surface area contributed by atoms with Crippen molar-refractivity contribution in [1.82, 2.24) is 20.2 Å². The van der Waals surface area contributed by atoms with Gasteiger partial charge < -0.3 is 19.4 Å². The minimum absolute atomic E-state index is 0.00232. The first-order valence-electron chi connectivity index (χ1n) is 9.54. The molecule has 0 saturated carbocycles. The molecule has 1 saturated heterocycles. The Morgan fingerprint density at radius 2 is 1.93 bits per heavy atom. The van der Waals surface area contributed by atoms with Gasteiger partial charge in [0.2, 0.25) is 0 Å². The predicted octanol–water partition coefficient (Wildman–Crippen LogP) is 2.12. The molecular weight excluding hydrogens is 369 g/mol. The highest BCUT2D eigenvalue weighted by molar-refractivity contribution is 6.61. The molecule has 0 aliphatic carbocycles. The highest BCUT2D eigenvalue weighted by Crippen LogP contribution is 2.28. The fourth-order valence-electron chi connectivity index (χ4n) is 3.17. The van der Waals surface area contributed by atoms with Gasteiger partial charge in [-0.3, -0.25) is 0 Å². The van der Waals surface area contributed by atoms with Crippen molar-refractivity contribution in [1.29, 1.82) is 0 Å². The molecule has 4 rings (SSSR count). The smallest absolute Gasteiger partial charge is 0.494 e. The molecule has 1 aliphatic rings. The summed E-state index contributed by atoms with van der Waals surface area (Å²) < 4.78 is 17.5. The topological polar surface area (TPSA) is 91.3 Å². The third-order valence-corrected chi connectivity index (χ3v) is 4.76. The van der Waals surface area contributed by atoms with Crippen molar-refractivity contribution in [2.45, 2.75) is 27.3 Å². The Hall–Kier alpha value is -2.78. The zero-order valence-electron chi connectivity index (χ0n) is 17.1. The van der Waals surface area contributed by atoms with Gasteiger partial charge in [-0.2, -0.15) is 10.2 Å². The molecule has 0 radical (unpaired) electrons. The number of anilines is 1. The lowest BCUT2D eigenvalue weighted by molar-refractivity contribution is 0.0343. The van der Waals surface area contributed by atoms with Gasteiger partial charge in [-0.05, 0) is 36.7 Å². The van der Waals surface area contributed by atoms with Crippen LogP contribution in [0.5, 0.6) is 5.75 Å². The molecule has 8 nitrogen and oxygen atoms in total. The first-order valence-corrected chi connectivity index (χ1v) is 9.54. The lowest BCUT2D eigenvalue weighted by atomic mass is 9.75. The van der Waals surface area contributed by atoms with Crippen LogP contribution >= 0.6 is 0 Å². The van der Waals surface area contributed by atoms with Crippen molar-refractivity contribution in [2.24, 2.45) is 5.41 Å². The highest BCUT2D eigenvalue weighted by atomic mass is 16.6. The molecule has 29 heavy (non-hydrogen) atoms. The lowest BCUT2D eigenvalue weighted by Gasteiger charge is -2.33. The maximum atomic E-state index is 5.95. The van der Waals surface area contributed by atoms with Gasteiger partial charge in [0, 0.05) is 24.0 Å². The fourth-order valence-corrected chi connectivity index (χ4v) is 3.17. The molecule has 0 amide bonds. The maximum absolute atomic E-state index is 5.95. The van der Waals surface area contributed by atoms with Crippen molar-refractivity contribution in [2.75, 3.05) is 25.6 Å². The molecule has 2 aromatic heterocycles. The summed E-state index contributed by atoms with van der Waals surface area (Å²) in [5.74, 6) is 1.34. The van der Waals surface area contributed by atoms with E-state index in [0.717, 1.165) is 27.8 Å². The van der Waals surface area contributed by atoms with E-state index in [2.05, 4.69) is 39.3 Å². The number of fused-ring (bicyclic) bond motifs is 1. The molecule has 1 fully saturated rings.